The number of halogens is 2. The number of aliphatic carboxylic acids is 1. The molecule has 0 aliphatic rings. The summed E-state index contributed by atoms with van der Waals surface area (Å²) in [6, 6.07) is -0.928. The lowest BCUT2D eigenvalue weighted by atomic mass is 10.1. The van der Waals surface area contributed by atoms with Gasteiger partial charge in [-0.3, -0.25) is 4.79 Å². The van der Waals surface area contributed by atoms with Crippen LogP contribution >= 0.6 is 0 Å². The van der Waals surface area contributed by atoms with Crippen molar-refractivity contribution in [1.29, 1.82) is 0 Å². The Bertz CT molecular complexity index is 248. The Hall–Kier alpha value is -1.24. The molecule has 0 bridgehead atoms. The predicted octanol–water partition coefficient (Wildman–Crippen LogP) is 1.03. The second kappa shape index (κ2) is 8.86. The van der Waals surface area contributed by atoms with Gasteiger partial charge in [-0.1, -0.05) is 13.3 Å². The zero-order valence-electron chi connectivity index (χ0n) is 9.62. The van der Waals surface area contributed by atoms with Crippen molar-refractivity contribution in [2.75, 3.05) is 13.2 Å². The molecule has 0 saturated heterocycles. The van der Waals surface area contributed by atoms with Crippen LogP contribution in [0.1, 0.15) is 26.2 Å². The smallest absolute Gasteiger partial charge is 0.326 e. The van der Waals surface area contributed by atoms with Gasteiger partial charge in [0.25, 0.3) is 6.43 Å². The van der Waals surface area contributed by atoms with E-state index in [-0.39, 0.29) is 13.0 Å². The van der Waals surface area contributed by atoms with Crippen molar-refractivity contribution >= 4 is 11.9 Å². The first-order valence-corrected chi connectivity index (χ1v) is 5.35. The van der Waals surface area contributed by atoms with Gasteiger partial charge in [-0.05, 0) is 6.42 Å². The highest BCUT2D eigenvalue weighted by Crippen LogP contribution is 1.98. The summed E-state index contributed by atoms with van der Waals surface area (Å²) in [5.74, 6) is -1.62. The molecular weight excluding hydrogens is 236 g/mol. The summed E-state index contributed by atoms with van der Waals surface area (Å²) in [5, 5.41) is 11.1. The summed E-state index contributed by atoms with van der Waals surface area (Å²) in [4.78, 5) is 21.9. The first-order valence-electron chi connectivity index (χ1n) is 5.35. The maximum absolute atomic E-state index is 11.7. The largest absolute Gasteiger partial charge is 0.480 e. The molecule has 0 spiro atoms. The van der Waals surface area contributed by atoms with Crippen LogP contribution in [0.15, 0.2) is 0 Å². The molecule has 0 aliphatic heterocycles. The third kappa shape index (κ3) is 8.56. The Morgan fingerprint density at radius 2 is 2.06 bits per heavy atom. The molecule has 100 valence electrons. The number of hydrogen-bond acceptors (Lipinski definition) is 3. The average Bonchev–Trinajstić information content (AvgIpc) is 2.23. The van der Waals surface area contributed by atoms with Crippen molar-refractivity contribution in [2.45, 2.75) is 38.7 Å². The summed E-state index contributed by atoms with van der Waals surface area (Å²) in [6.45, 7) is 0.938. The number of rotatable bonds is 9. The van der Waals surface area contributed by atoms with E-state index in [1.54, 1.807) is 6.92 Å². The minimum Gasteiger partial charge on any atom is -0.480 e. The van der Waals surface area contributed by atoms with Crippen molar-refractivity contribution in [2.24, 2.45) is 0 Å². The van der Waals surface area contributed by atoms with Crippen molar-refractivity contribution < 1.29 is 28.2 Å². The highest BCUT2D eigenvalue weighted by atomic mass is 19.3. The fourth-order valence-corrected chi connectivity index (χ4v) is 1.15. The fraction of sp³-hybridized carbons (Fsp3) is 0.800. The first kappa shape index (κ1) is 15.8. The molecule has 0 radical (unpaired) electrons. The van der Waals surface area contributed by atoms with Gasteiger partial charge in [0.1, 0.15) is 12.6 Å². The van der Waals surface area contributed by atoms with E-state index in [0.29, 0.717) is 12.8 Å². The normalized spacial score (nSPS) is 12.5. The molecule has 0 heterocycles. The molecule has 0 rings (SSSR count). The lowest BCUT2D eigenvalue weighted by Gasteiger charge is -2.13. The predicted molar refractivity (Wildman–Crippen MR) is 55.9 cm³/mol. The summed E-state index contributed by atoms with van der Waals surface area (Å²) in [6.07, 6.45) is -1.73. The number of carboxylic acids is 1. The molecule has 17 heavy (non-hydrogen) atoms. The lowest BCUT2D eigenvalue weighted by molar-refractivity contribution is -0.142. The van der Waals surface area contributed by atoms with Crippen LogP contribution in [-0.2, 0) is 14.3 Å². The lowest BCUT2D eigenvalue weighted by Crippen LogP contribution is -2.41. The summed E-state index contributed by atoms with van der Waals surface area (Å²) >= 11 is 0. The average molecular weight is 253 g/mol. The van der Waals surface area contributed by atoms with Gasteiger partial charge in [-0.15, -0.1) is 0 Å². The van der Waals surface area contributed by atoms with Crippen LogP contribution in [-0.4, -0.2) is 42.7 Å². The van der Waals surface area contributed by atoms with Crippen LogP contribution in [0.2, 0.25) is 0 Å². The molecule has 0 saturated carbocycles. The van der Waals surface area contributed by atoms with Crippen LogP contribution in [0.25, 0.3) is 0 Å². The van der Waals surface area contributed by atoms with Crippen LogP contribution in [0.5, 0.6) is 0 Å². The van der Waals surface area contributed by atoms with E-state index in [9.17, 15) is 18.4 Å². The molecule has 7 heteroatoms. The molecule has 0 aromatic carbocycles. The Morgan fingerprint density at radius 1 is 1.41 bits per heavy atom. The highest BCUT2D eigenvalue weighted by Gasteiger charge is 2.18. The maximum atomic E-state index is 11.7. The number of carbonyl (C=O) groups excluding carboxylic acids is 1. The Kier molecular flexibility index (Phi) is 8.21. The van der Waals surface area contributed by atoms with E-state index in [1.807, 2.05) is 0 Å². The van der Waals surface area contributed by atoms with E-state index in [2.05, 4.69) is 10.1 Å². The van der Waals surface area contributed by atoms with Gasteiger partial charge in [-0.25, -0.2) is 13.6 Å². The van der Waals surface area contributed by atoms with Crippen LogP contribution in [0.3, 0.4) is 0 Å². The van der Waals surface area contributed by atoms with Crippen molar-refractivity contribution in [1.82, 2.24) is 5.32 Å². The van der Waals surface area contributed by atoms with Crippen LogP contribution in [0, 0.1) is 0 Å². The molecule has 0 aromatic rings. The number of ether oxygens (including phenoxy) is 1. The van der Waals surface area contributed by atoms with Crippen molar-refractivity contribution in [3.8, 4) is 0 Å². The minimum absolute atomic E-state index is 0.125. The quantitative estimate of drug-likeness (QED) is 0.602. The second-order valence-corrected chi connectivity index (χ2v) is 3.46. The monoisotopic (exact) mass is 253 g/mol. The second-order valence-electron chi connectivity index (χ2n) is 3.46. The summed E-state index contributed by atoms with van der Waals surface area (Å²) in [5.41, 5.74) is 0. The topological polar surface area (TPSA) is 75.6 Å². The van der Waals surface area contributed by atoms with E-state index in [4.69, 9.17) is 5.11 Å². The number of carboxylic acid groups (broad SMARTS) is 1. The van der Waals surface area contributed by atoms with Gasteiger partial charge in [0.05, 0.1) is 6.61 Å². The van der Waals surface area contributed by atoms with E-state index in [1.165, 1.54) is 0 Å². The summed E-state index contributed by atoms with van der Waals surface area (Å²) in [7, 11) is 0. The van der Waals surface area contributed by atoms with Gasteiger partial charge in [-0.2, -0.15) is 0 Å². The zero-order chi connectivity index (χ0) is 13.3. The number of carbonyl (C=O) groups is 2. The molecular formula is C10H17F2NO4. The van der Waals surface area contributed by atoms with Gasteiger partial charge < -0.3 is 15.2 Å². The van der Waals surface area contributed by atoms with Gasteiger partial charge in [0, 0.05) is 6.42 Å². The number of hydrogen-bond donors (Lipinski definition) is 2. The molecule has 5 nitrogen and oxygen atoms in total. The molecule has 1 atom stereocenters. The van der Waals surface area contributed by atoms with E-state index >= 15 is 0 Å². The molecule has 0 aliphatic carbocycles. The van der Waals surface area contributed by atoms with Crippen LogP contribution < -0.4 is 5.32 Å². The standard InChI is InChI=1S/C10H17F2NO4/c1-2-3-7(10(15)16)13-9(14)4-5-17-6-8(11)12/h7-8H,2-6H2,1H3,(H,13,14)(H,15,16). The van der Waals surface area contributed by atoms with Gasteiger partial charge in [0.15, 0.2) is 0 Å². The number of amides is 1. The van der Waals surface area contributed by atoms with Gasteiger partial charge >= 0.3 is 5.97 Å². The number of alkyl halides is 2. The minimum atomic E-state index is -2.56. The van der Waals surface area contributed by atoms with Gasteiger partial charge in [0.2, 0.25) is 5.91 Å². The van der Waals surface area contributed by atoms with E-state index < -0.39 is 31.0 Å². The first-order chi connectivity index (χ1) is 7.97. The summed E-state index contributed by atoms with van der Waals surface area (Å²) < 4.78 is 27.9. The van der Waals surface area contributed by atoms with E-state index in [0.717, 1.165) is 0 Å². The Morgan fingerprint density at radius 3 is 2.53 bits per heavy atom. The SMILES string of the molecule is CCCC(NC(=O)CCOCC(F)F)C(=O)O. The molecule has 1 amide bonds. The maximum Gasteiger partial charge on any atom is 0.326 e. The molecule has 2 N–H and O–H groups in total. The third-order valence-electron chi connectivity index (χ3n) is 1.93. The fourth-order valence-electron chi connectivity index (χ4n) is 1.15. The molecule has 0 aromatic heterocycles. The zero-order valence-corrected chi connectivity index (χ0v) is 9.62. The molecule has 1 unspecified atom stereocenters. The Balaban J connectivity index is 3.78. The highest BCUT2D eigenvalue weighted by molar-refractivity contribution is 5.83. The van der Waals surface area contributed by atoms with Crippen LogP contribution in [0.4, 0.5) is 8.78 Å². The third-order valence-corrected chi connectivity index (χ3v) is 1.93. The molecule has 0 fully saturated rings. The van der Waals surface area contributed by atoms with Crippen molar-refractivity contribution in [3.05, 3.63) is 0 Å². The van der Waals surface area contributed by atoms with Crippen molar-refractivity contribution in [3.63, 3.8) is 0 Å². The Labute approximate surface area is 98.1 Å². The number of nitrogens with one attached hydrogen (secondary N) is 1.